The minimum absolute atomic E-state index is 0.00528. The van der Waals surface area contributed by atoms with Crippen LogP contribution < -0.4 is 0 Å². The van der Waals surface area contributed by atoms with E-state index >= 15 is 0 Å². The minimum Gasteiger partial charge on any atom is -0.298 e. The summed E-state index contributed by atoms with van der Waals surface area (Å²) in [5, 5.41) is 0. The third-order valence-electron chi connectivity index (χ3n) is 1.72. The Morgan fingerprint density at radius 1 is 1.33 bits per heavy atom. The van der Waals surface area contributed by atoms with E-state index in [-0.39, 0.29) is 10.5 Å². The van der Waals surface area contributed by atoms with Gasteiger partial charge in [-0.25, -0.2) is 8.78 Å². The van der Waals surface area contributed by atoms with Crippen LogP contribution in [0.15, 0.2) is 17.0 Å². The molecule has 1 aromatic carbocycles. The van der Waals surface area contributed by atoms with Gasteiger partial charge in [0.15, 0.2) is 0 Å². The average molecular weight is 230 g/mol. The van der Waals surface area contributed by atoms with E-state index < -0.39 is 11.6 Å². The molecule has 0 aliphatic rings. The van der Waals surface area contributed by atoms with Gasteiger partial charge in [0.2, 0.25) is 0 Å². The summed E-state index contributed by atoms with van der Waals surface area (Å²) in [7, 11) is 0. The molecule has 1 rings (SSSR count). The first kappa shape index (κ1) is 12.2. The lowest BCUT2D eigenvalue weighted by Gasteiger charge is -2.07. The smallest absolute Gasteiger partial charge is 0.150 e. The molecule has 0 heterocycles. The quantitative estimate of drug-likeness (QED) is 0.581. The summed E-state index contributed by atoms with van der Waals surface area (Å²) in [6, 6.07) is 2.11. The highest BCUT2D eigenvalue weighted by molar-refractivity contribution is 7.99. The van der Waals surface area contributed by atoms with Gasteiger partial charge in [-0.1, -0.05) is 13.8 Å². The highest BCUT2D eigenvalue weighted by Gasteiger charge is 2.12. The van der Waals surface area contributed by atoms with Gasteiger partial charge >= 0.3 is 0 Å². The number of halogens is 2. The van der Waals surface area contributed by atoms with Crippen molar-refractivity contribution in [1.82, 2.24) is 0 Å². The van der Waals surface area contributed by atoms with Crippen molar-refractivity contribution in [2.24, 2.45) is 5.92 Å². The lowest BCUT2D eigenvalue weighted by molar-refractivity contribution is 0.112. The molecule has 0 aliphatic heterocycles. The zero-order valence-corrected chi connectivity index (χ0v) is 9.41. The maximum absolute atomic E-state index is 13.3. The molecule has 0 N–H and O–H groups in total. The van der Waals surface area contributed by atoms with Crippen LogP contribution in [0.5, 0.6) is 0 Å². The summed E-state index contributed by atoms with van der Waals surface area (Å²) in [6.07, 6.45) is 0.434. The summed E-state index contributed by atoms with van der Waals surface area (Å²) < 4.78 is 26.7. The van der Waals surface area contributed by atoms with E-state index in [2.05, 4.69) is 0 Å². The Morgan fingerprint density at radius 2 is 1.87 bits per heavy atom. The Balaban J connectivity index is 2.93. The van der Waals surface area contributed by atoms with Crippen molar-refractivity contribution in [1.29, 1.82) is 0 Å². The highest BCUT2D eigenvalue weighted by atomic mass is 32.2. The van der Waals surface area contributed by atoms with E-state index in [4.69, 9.17) is 0 Å². The van der Waals surface area contributed by atoms with Crippen LogP contribution in [0.1, 0.15) is 24.2 Å². The highest BCUT2D eigenvalue weighted by Crippen LogP contribution is 2.27. The predicted molar refractivity (Wildman–Crippen MR) is 57.3 cm³/mol. The Labute approximate surface area is 91.9 Å². The van der Waals surface area contributed by atoms with Crippen molar-refractivity contribution in [2.75, 3.05) is 5.75 Å². The van der Waals surface area contributed by atoms with Crippen molar-refractivity contribution in [3.8, 4) is 0 Å². The van der Waals surface area contributed by atoms with Gasteiger partial charge in [0.1, 0.15) is 17.9 Å². The molecule has 0 amide bonds. The molecule has 0 aromatic heterocycles. The van der Waals surface area contributed by atoms with E-state index in [0.29, 0.717) is 18.0 Å². The Kier molecular flexibility index (Phi) is 4.27. The van der Waals surface area contributed by atoms with Crippen LogP contribution in [0.3, 0.4) is 0 Å². The number of thioether (sulfide) groups is 1. The molecule has 15 heavy (non-hydrogen) atoms. The van der Waals surface area contributed by atoms with Crippen LogP contribution in [0, 0.1) is 17.6 Å². The lowest BCUT2D eigenvalue weighted by atomic mass is 10.2. The number of hydrogen-bond acceptors (Lipinski definition) is 2. The lowest BCUT2D eigenvalue weighted by Crippen LogP contribution is -1.96. The molecule has 0 radical (unpaired) electrons. The fourth-order valence-electron chi connectivity index (χ4n) is 1.04. The van der Waals surface area contributed by atoms with Crippen molar-refractivity contribution in [3.63, 3.8) is 0 Å². The largest absolute Gasteiger partial charge is 0.298 e. The molecule has 4 heteroatoms. The van der Waals surface area contributed by atoms with E-state index in [1.54, 1.807) is 0 Å². The van der Waals surface area contributed by atoms with Crippen LogP contribution in [0.2, 0.25) is 0 Å². The summed E-state index contributed by atoms with van der Waals surface area (Å²) in [4.78, 5) is 10.3. The average Bonchev–Trinajstić information content (AvgIpc) is 2.15. The van der Waals surface area contributed by atoms with Crippen LogP contribution >= 0.6 is 11.8 Å². The van der Waals surface area contributed by atoms with Crippen molar-refractivity contribution >= 4 is 18.0 Å². The second kappa shape index (κ2) is 5.26. The molecule has 1 aromatic rings. The van der Waals surface area contributed by atoms with Gasteiger partial charge < -0.3 is 0 Å². The fraction of sp³-hybridized carbons (Fsp3) is 0.364. The normalized spacial score (nSPS) is 10.7. The molecule has 82 valence electrons. The molecule has 0 saturated carbocycles. The van der Waals surface area contributed by atoms with Crippen LogP contribution in [0.4, 0.5) is 8.78 Å². The van der Waals surface area contributed by atoms with Gasteiger partial charge in [0.05, 0.1) is 4.90 Å². The third-order valence-corrected chi connectivity index (χ3v) is 3.23. The van der Waals surface area contributed by atoms with Crippen LogP contribution in [0.25, 0.3) is 0 Å². The summed E-state index contributed by atoms with van der Waals surface area (Å²) in [5.41, 5.74) is 0.0268. The number of carbonyl (C=O) groups is 1. The SMILES string of the molecule is CC(C)CSc1c(F)cc(C=O)cc1F. The minimum atomic E-state index is -0.664. The molecule has 1 nitrogen and oxygen atoms in total. The first-order valence-electron chi connectivity index (χ1n) is 4.61. The fourth-order valence-corrected chi connectivity index (χ4v) is 1.93. The molecule has 0 saturated heterocycles. The first-order valence-corrected chi connectivity index (χ1v) is 5.60. The van der Waals surface area contributed by atoms with E-state index in [0.717, 1.165) is 23.9 Å². The molecule has 0 unspecified atom stereocenters. The van der Waals surface area contributed by atoms with Gasteiger partial charge in [-0.3, -0.25) is 4.79 Å². The maximum Gasteiger partial charge on any atom is 0.150 e. The summed E-state index contributed by atoms with van der Waals surface area (Å²) >= 11 is 1.14. The van der Waals surface area contributed by atoms with Crippen LogP contribution in [-0.2, 0) is 0 Å². The topological polar surface area (TPSA) is 17.1 Å². The second-order valence-corrected chi connectivity index (χ2v) is 4.67. The van der Waals surface area contributed by atoms with Crippen molar-refractivity contribution < 1.29 is 13.6 Å². The molecular formula is C11H12F2OS. The van der Waals surface area contributed by atoms with Crippen molar-refractivity contribution in [2.45, 2.75) is 18.7 Å². The van der Waals surface area contributed by atoms with Gasteiger partial charge in [-0.15, -0.1) is 11.8 Å². The van der Waals surface area contributed by atoms with Gasteiger partial charge in [-0.2, -0.15) is 0 Å². The van der Waals surface area contributed by atoms with Gasteiger partial charge in [-0.05, 0) is 18.1 Å². The molecule has 0 aliphatic carbocycles. The van der Waals surface area contributed by atoms with E-state index in [1.807, 2.05) is 13.8 Å². The zero-order chi connectivity index (χ0) is 11.4. The molecular weight excluding hydrogens is 218 g/mol. The number of rotatable bonds is 4. The van der Waals surface area contributed by atoms with E-state index in [1.165, 1.54) is 0 Å². The van der Waals surface area contributed by atoms with Gasteiger partial charge in [0, 0.05) is 11.3 Å². The number of carbonyl (C=O) groups excluding carboxylic acids is 1. The molecule has 0 fully saturated rings. The Hall–Kier alpha value is -0.900. The maximum atomic E-state index is 13.3. The standard InChI is InChI=1S/C11H12F2OS/c1-7(2)6-15-11-9(12)3-8(5-14)4-10(11)13/h3-5,7H,6H2,1-2H3. The first-order chi connectivity index (χ1) is 7.04. The molecule has 0 atom stereocenters. The molecule has 0 spiro atoms. The summed E-state index contributed by atoms with van der Waals surface area (Å²) in [6.45, 7) is 3.95. The Morgan fingerprint density at radius 3 is 2.27 bits per heavy atom. The van der Waals surface area contributed by atoms with Gasteiger partial charge in [0.25, 0.3) is 0 Å². The van der Waals surface area contributed by atoms with Crippen molar-refractivity contribution in [3.05, 3.63) is 29.3 Å². The number of benzene rings is 1. The van der Waals surface area contributed by atoms with E-state index in [9.17, 15) is 13.6 Å². The number of hydrogen-bond donors (Lipinski definition) is 0. The molecule has 0 bridgehead atoms. The zero-order valence-electron chi connectivity index (χ0n) is 8.59. The van der Waals surface area contributed by atoms with Crippen LogP contribution in [-0.4, -0.2) is 12.0 Å². The second-order valence-electron chi connectivity index (χ2n) is 3.64. The Bertz CT molecular complexity index is 341. The monoisotopic (exact) mass is 230 g/mol. The predicted octanol–water partition coefficient (Wildman–Crippen LogP) is 3.53. The third kappa shape index (κ3) is 3.30. The number of aldehydes is 1. The summed E-state index contributed by atoms with van der Waals surface area (Å²) in [5.74, 6) is -0.320.